The van der Waals surface area contributed by atoms with Gasteiger partial charge in [0.25, 0.3) is 0 Å². The minimum absolute atomic E-state index is 0.347. The Morgan fingerprint density at radius 1 is 1.28 bits per heavy atom. The van der Waals surface area contributed by atoms with Crippen LogP contribution in [0.4, 0.5) is 11.6 Å². The summed E-state index contributed by atoms with van der Waals surface area (Å²) in [6.07, 6.45) is 2.85. The van der Waals surface area contributed by atoms with Crippen LogP contribution in [0.25, 0.3) is 0 Å². The molecular formula is C13H20N4O. The lowest BCUT2D eigenvalue weighted by atomic mass is 10.1. The minimum atomic E-state index is 0.347. The predicted octanol–water partition coefficient (Wildman–Crippen LogP) is 1.49. The number of rotatable bonds is 3. The first-order chi connectivity index (χ1) is 8.58. The molecule has 2 heterocycles. The molecule has 0 bridgehead atoms. The third-order valence-electron chi connectivity index (χ3n) is 3.42. The zero-order valence-corrected chi connectivity index (χ0v) is 11.3. The number of piperidine rings is 1. The Morgan fingerprint density at radius 2 is 1.94 bits per heavy atom. The standard InChI is InChI=1S/C13H20N4O/c1-10(2)16(3)12-8-13(15-9-14-12)17-6-4-11(18)5-7-17/h8-10H,4-7H2,1-3H3. The Morgan fingerprint density at radius 3 is 2.56 bits per heavy atom. The molecule has 0 unspecified atom stereocenters. The van der Waals surface area contributed by atoms with E-state index in [0.29, 0.717) is 24.7 Å². The van der Waals surface area contributed by atoms with Gasteiger partial charge in [-0.3, -0.25) is 4.79 Å². The summed E-state index contributed by atoms with van der Waals surface area (Å²) in [4.78, 5) is 24.1. The molecule has 2 rings (SSSR count). The maximum absolute atomic E-state index is 11.2. The van der Waals surface area contributed by atoms with E-state index in [9.17, 15) is 4.79 Å². The fraction of sp³-hybridized carbons (Fsp3) is 0.615. The molecule has 0 spiro atoms. The third kappa shape index (κ3) is 2.78. The van der Waals surface area contributed by atoms with Crippen LogP contribution >= 0.6 is 0 Å². The van der Waals surface area contributed by atoms with Crippen molar-refractivity contribution in [2.75, 3.05) is 29.9 Å². The number of carbonyl (C=O) groups excluding carboxylic acids is 1. The van der Waals surface area contributed by atoms with Gasteiger partial charge in [-0.1, -0.05) is 0 Å². The molecule has 0 saturated carbocycles. The fourth-order valence-electron chi connectivity index (χ4n) is 1.95. The van der Waals surface area contributed by atoms with Gasteiger partial charge in [0, 0.05) is 45.1 Å². The Balaban J connectivity index is 2.14. The SMILES string of the molecule is CC(C)N(C)c1cc(N2CCC(=O)CC2)ncn1. The average Bonchev–Trinajstić information content (AvgIpc) is 2.38. The van der Waals surface area contributed by atoms with Crippen LogP contribution in [0.3, 0.4) is 0 Å². The maximum Gasteiger partial charge on any atom is 0.136 e. The van der Waals surface area contributed by atoms with Crippen LogP contribution in [0.15, 0.2) is 12.4 Å². The first kappa shape index (κ1) is 12.8. The van der Waals surface area contributed by atoms with Crippen LogP contribution in [0, 0.1) is 0 Å². The average molecular weight is 248 g/mol. The van der Waals surface area contributed by atoms with E-state index in [-0.39, 0.29) is 0 Å². The number of Topliss-reactive ketones (excluding diaryl/α,β-unsaturated/α-hetero) is 1. The molecule has 18 heavy (non-hydrogen) atoms. The molecule has 5 heteroatoms. The molecule has 1 fully saturated rings. The number of anilines is 2. The van der Waals surface area contributed by atoms with Crippen molar-refractivity contribution < 1.29 is 4.79 Å². The summed E-state index contributed by atoms with van der Waals surface area (Å²) >= 11 is 0. The molecule has 1 aliphatic rings. The number of hydrogen-bond acceptors (Lipinski definition) is 5. The van der Waals surface area contributed by atoms with Crippen molar-refractivity contribution >= 4 is 17.4 Å². The highest BCUT2D eigenvalue weighted by Crippen LogP contribution is 2.20. The molecule has 0 amide bonds. The lowest BCUT2D eigenvalue weighted by molar-refractivity contribution is -0.119. The molecule has 5 nitrogen and oxygen atoms in total. The largest absolute Gasteiger partial charge is 0.357 e. The van der Waals surface area contributed by atoms with Crippen molar-refractivity contribution in [1.82, 2.24) is 9.97 Å². The van der Waals surface area contributed by atoms with Gasteiger partial charge >= 0.3 is 0 Å². The van der Waals surface area contributed by atoms with Crippen molar-refractivity contribution in [3.05, 3.63) is 12.4 Å². The second-order valence-corrected chi connectivity index (χ2v) is 4.96. The molecule has 0 N–H and O–H groups in total. The van der Waals surface area contributed by atoms with Gasteiger partial charge in [0.2, 0.25) is 0 Å². The van der Waals surface area contributed by atoms with Gasteiger partial charge in [-0.05, 0) is 13.8 Å². The zero-order chi connectivity index (χ0) is 13.1. The van der Waals surface area contributed by atoms with E-state index in [1.54, 1.807) is 6.33 Å². The lowest BCUT2D eigenvalue weighted by Crippen LogP contribution is -2.34. The second kappa shape index (κ2) is 5.33. The van der Waals surface area contributed by atoms with Crippen LogP contribution in [0.5, 0.6) is 0 Å². The number of hydrogen-bond donors (Lipinski definition) is 0. The summed E-state index contributed by atoms with van der Waals surface area (Å²) < 4.78 is 0. The molecular weight excluding hydrogens is 228 g/mol. The van der Waals surface area contributed by atoms with Gasteiger partial charge in [0.05, 0.1) is 0 Å². The molecule has 0 aliphatic carbocycles. The Hall–Kier alpha value is -1.65. The summed E-state index contributed by atoms with van der Waals surface area (Å²) in [5.41, 5.74) is 0. The molecule has 1 aromatic heterocycles. The van der Waals surface area contributed by atoms with Crippen molar-refractivity contribution in [1.29, 1.82) is 0 Å². The van der Waals surface area contributed by atoms with E-state index >= 15 is 0 Å². The molecule has 98 valence electrons. The van der Waals surface area contributed by atoms with E-state index in [4.69, 9.17) is 0 Å². The number of aromatic nitrogens is 2. The monoisotopic (exact) mass is 248 g/mol. The second-order valence-electron chi connectivity index (χ2n) is 4.96. The van der Waals surface area contributed by atoms with Crippen molar-refractivity contribution in [2.45, 2.75) is 32.7 Å². The van der Waals surface area contributed by atoms with Crippen molar-refractivity contribution in [3.63, 3.8) is 0 Å². The first-order valence-corrected chi connectivity index (χ1v) is 6.39. The fourth-order valence-corrected chi connectivity index (χ4v) is 1.95. The van der Waals surface area contributed by atoms with Crippen molar-refractivity contribution in [3.8, 4) is 0 Å². The van der Waals surface area contributed by atoms with E-state index in [0.717, 1.165) is 24.7 Å². The van der Waals surface area contributed by atoms with Gasteiger partial charge in [0.1, 0.15) is 23.7 Å². The molecule has 1 saturated heterocycles. The maximum atomic E-state index is 11.2. The number of carbonyl (C=O) groups is 1. The summed E-state index contributed by atoms with van der Waals surface area (Å²) in [6.45, 7) is 5.78. The van der Waals surface area contributed by atoms with Crippen LogP contribution in [-0.2, 0) is 4.79 Å². The van der Waals surface area contributed by atoms with Gasteiger partial charge in [-0.2, -0.15) is 0 Å². The lowest BCUT2D eigenvalue weighted by Gasteiger charge is -2.28. The quantitative estimate of drug-likeness (QED) is 0.811. The zero-order valence-electron chi connectivity index (χ0n) is 11.3. The summed E-state index contributed by atoms with van der Waals surface area (Å²) in [7, 11) is 2.02. The van der Waals surface area contributed by atoms with Crippen molar-refractivity contribution in [2.24, 2.45) is 0 Å². The van der Waals surface area contributed by atoms with E-state index < -0.39 is 0 Å². The Kier molecular flexibility index (Phi) is 3.79. The van der Waals surface area contributed by atoms with Gasteiger partial charge in [-0.15, -0.1) is 0 Å². The molecule has 0 atom stereocenters. The van der Waals surface area contributed by atoms with Crippen LogP contribution in [-0.4, -0.2) is 41.9 Å². The smallest absolute Gasteiger partial charge is 0.136 e. The number of ketones is 1. The van der Waals surface area contributed by atoms with Gasteiger partial charge < -0.3 is 9.80 Å². The highest BCUT2D eigenvalue weighted by atomic mass is 16.1. The molecule has 0 radical (unpaired) electrons. The normalized spacial score (nSPS) is 16.2. The van der Waals surface area contributed by atoms with Crippen LogP contribution in [0.1, 0.15) is 26.7 Å². The highest BCUT2D eigenvalue weighted by molar-refractivity contribution is 5.80. The van der Waals surface area contributed by atoms with Crippen LogP contribution < -0.4 is 9.80 Å². The summed E-state index contributed by atoms with van der Waals surface area (Å²) in [6, 6.07) is 2.39. The Bertz CT molecular complexity index is 423. The predicted molar refractivity (Wildman–Crippen MR) is 72.0 cm³/mol. The Labute approximate surface area is 108 Å². The van der Waals surface area contributed by atoms with Gasteiger partial charge in [-0.25, -0.2) is 9.97 Å². The van der Waals surface area contributed by atoms with E-state index in [1.807, 2.05) is 13.1 Å². The third-order valence-corrected chi connectivity index (χ3v) is 3.42. The topological polar surface area (TPSA) is 49.3 Å². The summed E-state index contributed by atoms with van der Waals surface area (Å²) in [5, 5.41) is 0. The van der Waals surface area contributed by atoms with Crippen LogP contribution in [0.2, 0.25) is 0 Å². The minimum Gasteiger partial charge on any atom is -0.357 e. The summed E-state index contributed by atoms with van der Waals surface area (Å²) in [5.74, 6) is 2.19. The first-order valence-electron chi connectivity index (χ1n) is 6.39. The van der Waals surface area contributed by atoms with E-state index in [1.165, 1.54) is 0 Å². The van der Waals surface area contributed by atoms with E-state index in [2.05, 4.69) is 33.6 Å². The molecule has 1 aliphatic heterocycles. The highest BCUT2D eigenvalue weighted by Gasteiger charge is 2.18. The molecule has 1 aromatic rings. The molecule has 0 aromatic carbocycles. The number of nitrogens with zero attached hydrogens (tertiary/aromatic N) is 4. The van der Waals surface area contributed by atoms with Gasteiger partial charge in [0.15, 0.2) is 0 Å².